The third-order valence-corrected chi connectivity index (χ3v) is 6.04. The van der Waals surface area contributed by atoms with Crippen LogP contribution in [0.2, 0.25) is 0 Å². The van der Waals surface area contributed by atoms with E-state index in [1.807, 2.05) is 23.9 Å². The molecule has 1 aromatic rings. The molecular weight excluding hydrogens is 320 g/mol. The van der Waals surface area contributed by atoms with Gasteiger partial charge in [0.05, 0.1) is 7.11 Å². The van der Waals surface area contributed by atoms with Crippen molar-refractivity contribution >= 4 is 27.7 Å². The van der Waals surface area contributed by atoms with Crippen molar-refractivity contribution < 1.29 is 4.74 Å². The Morgan fingerprint density at radius 2 is 1.79 bits per heavy atom. The van der Waals surface area contributed by atoms with Crippen molar-refractivity contribution in [3.8, 4) is 5.75 Å². The Morgan fingerprint density at radius 3 is 2.32 bits per heavy atom. The van der Waals surface area contributed by atoms with Gasteiger partial charge >= 0.3 is 0 Å². The maximum absolute atomic E-state index is 5.43. The molecule has 0 radical (unpaired) electrons. The summed E-state index contributed by atoms with van der Waals surface area (Å²) in [6, 6.07) is 8.30. The zero-order chi connectivity index (χ0) is 14.1. The lowest BCUT2D eigenvalue weighted by Crippen LogP contribution is -2.25. The molecule has 0 aliphatic heterocycles. The van der Waals surface area contributed by atoms with Crippen LogP contribution >= 0.6 is 27.7 Å². The number of para-hydroxylation sites is 1. The molecule has 1 aromatic carbocycles. The van der Waals surface area contributed by atoms with Gasteiger partial charge in [0.1, 0.15) is 5.75 Å². The highest BCUT2D eigenvalue weighted by Crippen LogP contribution is 2.40. The highest BCUT2D eigenvalue weighted by Gasteiger charge is 2.27. The largest absolute Gasteiger partial charge is 0.496 e. The minimum Gasteiger partial charge on any atom is -0.496 e. The number of thioether (sulfide) groups is 1. The average molecular weight is 345 g/mol. The molecule has 0 N–H and O–H groups in total. The summed E-state index contributed by atoms with van der Waals surface area (Å²) in [5.74, 6) is 2.14. The van der Waals surface area contributed by atoms with Crippen LogP contribution in [0.1, 0.15) is 39.5 Å². The molecule has 0 aliphatic rings. The number of halogens is 1. The second-order valence-electron chi connectivity index (χ2n) is 5.07. The van der Waals surface area contributed by atoms with E-state index in [0.717, 1.165) is 16.8 Å². The lowest BCUT2D eigenvalue weighted by molar-refractivity contribution is 0.320. The summed E-state index contributed by atoms with van der Waals surface area (Å²) in [5.41, 5.74) is 0.412. The highest BCUT2D eigenvalue weighted by molar-refractivity contribution is 9.09. The first-order valence-corrected chi connectivity index (χ1v) is 9.14. The molecule has 108 valence electrons. The minimum absolute atomic E-state index is 0.412. The molecule has 0 saturated heterocycles. The summed E-state index contributed by atoms with van der Waals surface area (Å²) < 4.78 is 5.43. The standard InChI is InChI=1S/C16H25BrOS/c1-4-10-16(12-17,11-5-2)13-19-15-9-7-6-8-14(15)18-3/h6-9H,4-5,10-13H2,1-3H3. The summed E-state index contributed by atoms with van der Waals surface area (Å²) in [6.45, 7) is 4.56. The molecule has 0 aromatic heterocycles. The van der Waals surface area contributed by atoms with Gasteiger partial charge in [0.25, 0.3) is 0 Å². The van der Waals surface area contributed by atoms with Gasteiger partial charge in [0.2, 0.25) is 0 Å². The van der Waals surface area contributed by atoms with Gasteiger partial charge in [-0.2, -0.15) is 0 Å². The first-order valence-electron chi connectivity index (χ1n) is 7.03. The number of methoxy groups -OCH3 is 1. The Labute approximate surface area is 130 Å². The van der Waals surface area contributed by atoms with Crippen LogP contribution < -0.4 is 4.74 Å². The van der Waals surface area contributed by atoms with Gasteiger partial charge in [-0.25, -0.2) is 0 Å². The second kappa shape index (κ2) is 8.91. The quantitative estimate of drug-likeness (QED) is 0.415. The number of rotatable bonds is 9. The van der Waals surface area contributed by atoms with Gasteiger partial charge in [0.15, 0.2) is 0 Å². The molecule has 3 heteroatoms. The van der Waals surface area contributed by atoms with Crippen LogP contribution in [0, 0.1) is 5.41 Å². The summed E-state index contributed by atoms with van der Waals surface area (Å²) in [4.78, 5) is 1.25. The van der Waals surface area contributed by atoms with Crippen LogP contribution in [0.25, 0.3) is 0 Å². The Kier molecular flexibility index (Phi) is 7.93. The number of hydrogen-bond donors (Lipinski definition) is 0. The van der Waals surface area contributed by atoms with Crippen molar-refractivity contribution in [3.05, 3.63) is 24.3 Å². The Balaban J connectivity index is 2.74. The molecule has 1 nitrogen and oxygen atoms in total. The molecule has 0 atom stereocenters. The number of benzene rings is 1. The van der Waals surface area contributed by atoms with E-state index in [9.17, 15) is 0 Å². The molecule has 0 spiro atoms. The molecule has 0 unspecified atom stereocenters. The van der Waals surface area contributed by atoms with Gasteiger partial charge in [0, 0.05) is 16.0 Å². The van der Waals surface area contributed by atoms with Crippen LogP contribution in [0.5, 0.6) is 5.75 Å². The van der Waals surface area contributed by atoms with Gasteiger partial charge in [-0.15, -0.1) is 11.8 Å². The van der Waals surface area contributed by atoms with E-state index in [-0.39, 0.29) is 0 Å². The molecule has 0 aliphatic carbocycles. The first-order chi connectivity index (χ1) is 9.21. The van der Waals surface area contributed by atoms with Crippen molar-refractivity contribution in [2.75, 3.05) is 18.2 Å². The second-order valence-corrected chi connectivity index (χ2v) is 6.65. The zero-order valence-corrected chi connectivity index (χ0v) is 14.6. The molecule has 0 heterocycles. The predicted molar refractivity (Wildman–Crippen MR) is 89.8 cm³/mol. The minimum atomic E-state index is 0.412. The van der Waals surface area contributed by atoms with Gasteiger partial charge in [-0.1, -0.05) is 54.8 Å². The zero-order valence-electron chi connectivity index (χ0n) is 12.2. The van der Waals surface area contributed by atoms with Crippen molar-refractivity contribution in [2.45, 2.75) is 44.4 Å². The van der Waals surface area contributed by atoms with Crippen LogP contribution in [-0.4, -0.2) is 18.2 Å². The lowest BCUT2D eigenvalue weighted by atomic mass is 9.83. The molecular formula is C16H25BrOS. The van der Waals surface area contributed by atoms with E-state index in [4.69, 9.17) is 4.74 Å². The fourth-order valence-electron chi connectivity index (χ4n) is 2.47. The molecule has 0 fully saturated rings. The first kappa shape index (κ1) is 16.9. The number of hydrogen-bond acceptors (Lipinski definition) is 2. The average Bonchev–Trinajstić information content (AvgIpc) is 2.45. The summed E-state index contributed by atoms with van der Waals surface area (Å²) >= 11 is 5.67. The smallest absolute Gasteiger partial charge is 0.132 e. The van der Waals surface area contributed by atoms with E-state index in [2.05, 4.69) is 41.9 Å². The molecule has 0 saturated carbocycles. The van der Waals surface area contributed by atoms with Crippen LogP contribution in [0.3, 0.4) is 0 Å². The van der Waals surface area contributed by atoms with Crippen molar-refractivity contribution in [2.24, 2.45) is 5.41 Å². The fourth-order valence-corrected chi connectivity index (χ4v) is 4.81. The van der Waals surface area contributed by atoms with Crippen LogP contribution in [0.4, 0.5) is 0 Å². The molecule has 0 bridgehead atoms. The van der Waals surface area contributed by atoms with Crippen LogP contribution in [-0.2, 0) is 0 Å². The third-order valence-electron chi connectivity index (χ3n) is 3.45. The van der Waals surface area contributed by atoms with Crippen molar-refractivity contribution in [1.82, 2.24) is 0 Å². The summed E-state index contributed by atoms with van der Waals surface area (Å²) in [7, 11) is 1.75. The van der Waals surface area contributed by atoms with E-state index in [1.54, 1.807) is 7.11 Å². The molecule has 1 rings (SSSR count). The Morgan fingerprint density at radius 1 is 1.16 bits per heavy atom. The van der Waals surface area contributed by atoms with Gasteiger partial charge < -0.3 is 4.74 Å². The summed E-state index contributed by atoms with van der Waals surface area (Å²) in [6.07, 6.45) is 5.07. The summed E-state index contributed by atoms with van der Waals surface area (Å²) in [5, 5.41) is 1.09. The maximum Gasteiger partial charge on any atom is 0.132 e. The SMILES string of the molecule is CCCC(CBr)(CCC)CSc1ccccc1OC. The molecule has 19 heavy (non-hydrogen) atoms. The monoisotopic (exact) mass is 344 g/mol. The predicted octanol–water partition coefficient (Wildman–Crippen LogP) is 5.77. The van der Waals surface area contributed by atoms with Crippen LogP contribution in [0.15, 0.2) is 29.2 Å². The van der Waals surface area contributed by atoms with E-state index in [0.29, 0.717) is 5.41 Å². The maximum atomic E-state index is 5.43. The number of ether oxygens (including phenoxy) is 1. The van der Waals surface area contributed by atoms with E-state index < -0.39 is 0 Å². The fraction of sp³-hybridized carbons (Fsp3) is 0.625. The van der Waals surface area contributed by atoms with Gasteiger partial charge in [-0.05, 0) is 30.4 Å². The van der Waals surface area contributed by atoms with Crippen molar-refractivity contribution in [1.29, 1.82) is 0 Å². The normalized spacial score (nSPS) is 11.6. The molecule has 0 amide bonds. The van der Waals surface area contributed by atoms with E-state index in [1.165, 1.54) is 30.6 Å². The van der Waals surface area contributed by atoms with E-state index >= 15 is 0 Å². The Hall–Kier alpha value is -0.150. The van der Waals surface area contributed by atoms with Gasteiger partial charge in [-0.3, -0.25) is 0 Å². The van der Waals surface area contributed by atoms with Crippen molar-refractivity contribution in [3.63, 3.8) is 0 Å². The highest BCUT2D eigenvalue weighted by atomic mass is 79.9. The lowest BCUT2D eigenvalue weighted by Gasteiger charge is -2.31. The number of alkyl halides is 1. The Bertz CT molecular complexity index is 362. The topological polar surface area (TPSA) is 9.23 Å². The third kappa shape index (κ3) is 5.03.